The lowest BCUT2D eigenvalue weighted by Crippen LogP contribution is -2.35. The summed E-state index contributed by atoms with van der Waals surface area (Å²) in [6.07, 6.45) is 3.59. The van der Waals surface area contributed by atoms with Gasteiger partial charge in [0, 0.05) is 29.9 Å². The van der Waals surface area contributed by atoms with Gasteiger partial charge in [-0.2, -0.15) is 0 Å². The molecule has 0 saturated carbocycles. The fraction of sp³-hybridized carbons (Fsp3) is 0.385. The van der Waals surface area contributed by atoms with E-state index in [0.29, 0.717) is 17.4 Å². The van der Waals surface area contributed by atoms with E-state index in [-0.39, 0.29) is 34.6 Å². The molecule has 4 rings (SSSR count). The summed E-state index contributed by atoms with van der Waals surface area (Å²) in [6, 6.07) is 11.7. The molecule has 0 bridgehead atoms. The molecule has 9 nitrogen and oxygen atoms in total. The third-order valence-electron chi connectivity index (χ3n) is 6.15. The maximum Gasteiger partial charge on any atom is 0.213 e. The van der Waals surface area contributed by atoms with Gasteiger partial charge in [-0.1, -0.05) is 6.07 Å². The van der Waals surface area contributed by atoms with Crippen molar-refractivity contribution in [2.45, 2.75) is 63.8 Å². The van der Waals surface area contributed by atoms with E-state index in [2.05, 4.69) is 28.7 Å². The number of nitrogen functional groups attached to an aromatic ring is 1. The van der Waals surface area contributed by atoms with Crippen LogP contribution >= 0.6 is 0 Å². The summed E-state index contributed by atoms with van der Waals surface area (Å²) in [6.45, 7) is 8.03. The van der Waals surface area contributed by atoms with Gasteiger partial charge >= 0.3 is 0 Å². The second-order valence-corrected chi connectivity index (χ2v) is 11.3. The Morgan fingerprint density at radius 3 is 2.42 bits per heavy atom. The summed E-state index contributed by atoms with van der Waals surface area (Å²) < 4.78 is 31.5. The van der Waals surface area contributed by atoms with Gasteiger partial charge in [-0.15, -0.1) is 0 Å². The number of hydrogen-bond donors (Lipinski definition) is 1. The number of Topliss-reactive ketones (excluding diaryl/α,β-unsaturated/α-hetero) is 1. The minimum atomic E-state index is -3.99. The summed E-state index contributed by atoms with van der Waals surface area (Å²) in [5.74, 6) is -0.195. The number of carbonyl (C=O) groups excluding carboxylic acids is 1. The Labute approximate surface area is 211 Å². The number of carbonyl (C=O) groups is 1. The van der Waals surface area contributed by atoms with Crippen LogP contribution in [0.5, 0.6) is 5.88 Å². The molecule has 1 fully saturated rings. The zero-order valence-electron chi connectivity index (χ0n) is 20.9. The highest BCUT2D eigenvalue weighted by molar-refractivity contribution is 7.92. The van der Waals surface area contributed by atoms with Crippen molar-refractivity contribution in [1.29, 1.82) is 0 Å². The Morgan fingerprint density at radius 1 is 1.08 bits per heavy atom. The first-order valence-electron chi connectivity index (χ1n) is 12.0. The van der Waals surface area contributed by atoms with Gasteiger partial charge in [0.25, 0.3) is 0 Å². The number of nitrogens with two attached hydrogens (primary N) is 1. The largest absolute Gasteiger partial charge is 0.475 e. The highest BCUT2D eigenvalue weighted by Crippen LogP contribution is 2.34. The number of sulfone groups is 1. The molecule has 3 aromatic rings. The number of hydrogen-bond acceptors (Lipinski definition) is 9. The van der Waals surface area contributed by atoms with Crippen LogP contribution in [-0.2, 0) is 9.84 Å². The smallest absolute Gasteiger partial charge is 0.213 e. The predicted octanol–water partition coefficient (Wildman–Crippen LogP) is 3.94. The SMILES string of the molecule is CC(C)Oc1ccc(-c2ccc(C(=O)CS(=O)(=O)c3cccc(N)n3)c(N3[C@H](C)CC[C@@H]3C)n2)cn1. The predicted molar refractivity (Wildman–Crippen MR) is 139 cm³/mol. The second kappa shape index (κ2) is 10.2. The lowest BCUT2D eigenvalue weighted by atomic mass is 10.1. The highest BCUT2D eigenvalue weighted by atomic mass is 32.2. The van der Waals surface area contributed by atoms with Gasteiger partial charge in [0.1, 0.15) is 17.4 Å². The van der Waals surface area contributed by atoms with Crippen LogP contribution in [0.15, 0.2) is 53.7 Å². The molecule has 0 aliphatic carbocycles. The molecule has 1 aliphatic rings. The van der Waals surface area contributed by atoms with Crippen LogP contribution in [0.2, 0.25) is 0 Å². The van der Waals surface area contributed by atoms with E-state index >= 15 is 0 Å². The van der Waals surface area contributed by atoms with Crippen molar-refractivity contribution in [1.82, 2.24) is 15.0 Å². The van der Waals surface area contributed by atoms with Gasteiger partial charge < -0.3 is 15.4 Å². The van der Waals surface area contributed by atoms with Crippen molar-refractivity contribution >= 4 is 27.3 Å². The fourth-order valence-corrected chi connectivity index (χ4v) is 5.59. The Hall–Kier alpha value is -3.53. The number of ether oxygens (including phenoxy) is 1. The molecule has 1 aliphatic heterocycles. The van der Waals surface area contributed by atoms with Crippen LogP contribution in [-0.4, -0.2) is 53.1 Å². The monoisotopic (exact) mass is 509 g/mol. The third kappa shape index (κ3) is 5.48. The quantitative estimate of drug-likeness (QED) is 0.449. The fourth-order valence-electron chi connectivity index (χ4n) is 4.41. The van der Waals surface area contributed by atoms with Gasteiger partial charge in [0.2, 0.25) is 15.7 Å². The molecule has 10 heteroatoms. The van der Waals surface area contributed by atoms with Gasteiger partial charge in [0.05, 0.1) is 17.4 Å². The molecule has 0 unspecified atom stereocenters. The van der Waals surface area contributed by atoms with E-state index < -0.39 is 21.4 Å². The lowest BCUT2D eigenvalue weighted by Gasteiger charge is -2.29. The number of pyridine rings is 3. The van der Waals surface area contributed by atoms with Crippen LogP contribution in [0.25, 0.3) is 11.3 Å². The molecular formula is C26H31N5O4S. The van der Waals surface area contributed by atoms with Crippen molar-refractivity contribution in [3.63, 3.8) is 0 Å². The van der Waals surface area contributed by atoms with Gasteiger partial charge in [-0.25, -0.2) is 23.4 Å². The summed E-state index contributed by atoms with van der Waals surface area (Å²) in [7, 11) is -3.99. The average molecular weight is 510 g/mol. The van der Waals surface area contributed by atoms with Gasteiger partial charge in [-0.05, 0) is 70.9 Å². The molecule has 0 radical (unpaired) electrons. The second-order valence-electron chi connectivity index (χ2n) is 9.38. The van der Waals surface area contributed by atoms with E-state index in [1.807, 2.05) is 19.9 Å². The van der Waals surface area contributed by atoms with Crippen molar-refractivity contribution in [2.24, 2.45) is 0 Å². The van der Waals surface area contributed by atoms with E-state index in [4.69, 9.17) is 15.5 Å². The summed E-state index contributed by atoms with van der Waals surface area (Å²) >= 11 is 0. The molecule has 3 aromatic heterocycles. The van der Waals surface area contributed by atoms with Crippen molar-refractivity contribution in [3.05, 3.63) is 54.2 Å². The van der Waals surface area contributed by atoms with Gasteiger partial charge in [0.15, 0.2) is 10.8 Å². The maximum absolute atomic E-state index is 13.4. The topological polar surface area (TPSA) is 128 Å². The zero-order valence-corrected chi connectivity index (χ0v) is 21.7. The first kappa shape index (κ1) is 25.6. The first-order valence-corrected chi connectivity index (χ1v) is 13.6. The standard InChI is InChI=1S/C26H31N5O4S/c1-16(2)35-24-13-10-19(14-28-24)21-12-11-20(26(29-21)31-17(3)8-9-18(31)4)22(32)15-36(33,34)25-7-5-6-23(27)30-25/h5-7,10-14,16-18H,8-9,15H2,1-4H3,(H2,27,30)/t17-,18+. The summed E-state index contributed by atoms with van der Waals surface area (Å²) in [5.41, 5.74) is 7.31. The first-order chi connectivity index (χ1) is 17.0. The Balaban J connectivity index is 1.71. The lowest BCUT2D eigenvalue weighted by molar-refractivity contribution is 0.102. The molecule has 190 valence electrons. The molecule has 1 saturated heterocycles. The molecule has 2 N–H and O–H groups in total. The molecule has 36 heavy (non-hydrogen) atoms. The average Bonchev–Trinajstić information content (AvgIpc) is 3.16. The van der Waals surface area contributed by atoms with Crippen molar-refractivity contribution < 1.29 is 17.9 Å². The van der Waals surface area contributed by atoms with E-state index in [1.165, 1.54) is 18.2 Å². The maximum atomic E-state index is 13.4. The molecule has 0 amide bonds. The summed E-state index contributed by atoms with van der Waals surface area (Å²) in [5, 5.41) is -0.223. The molecule has 0 spiro atoms. The molecule has 4 heterocycles. The highest BCUT2D eigenvalue weighted by Gasteiger charge is 2.33. The number of ketones is 1. The number of nitrogens with zero attached hydrogens (tertiary/aromatic N) is 4. The normalized spacial score (nSPS) is 18.0. The molecule has 0 aromatic carbocycles. The summed E-state index contributed by atoms with van der Waals surface area (Å²) in [4.78, 5) is 28.6. The third-order valence-corrected chi connectivity index (χ3v) is 7.65. The van der Waals surface area contributed by atoms with Crippen LogP contribution in [0.1, 0.15) is 50.9 Å². The Bertz CT molecular complexity index is 1350. The number of aromatic nitrogens is 3. The zero-order chi connectivity index (χ0) is 26.0. The van der Waals surface area contributed by atoms with Crippen LogP contribution in [0.4, 0.5) is 11.6 Å². The van der Waals surface area contributed by atoms with E-state index in [0.717, 1.165) is 18.4 Å². The van der Waals surface area contributed by atoms with Crippen molar-refractivity contribution in [2.75, 3.05) is 16.4 Å². The number of anilines is 2. The minimum absolute atomic E-state index is 0.00956. The van der Waals surface area contributed by atoms with Gasteiger partial charge in [-0.3, -0.25) is 4.79 Å². The number of rotatable bonds is 8. The van der Waals surface area contributed by atoms with E-state index in [9.17, 15) is 13.2 Å². The molecule has 2 atom stereocenters. The minimum Gasteiger partial charge on any atom is -0.475 e. The van der Waals surface area contributed by atoms with Crippen LogP contribution in [0, 0.1) is 0 Å². The molecular weight excluding hydrogens is 478 g/mol. The van der Waals surface area contributed by atoms with Crippen LogP contribution in [0.3, 0.4) is 0 Å². The Kier molecular flexibility index (Phi) is 7.26. The van der Waals surface area contributed by atoms with Crippen molar-refractivity contribution in [3.8, 4) is 17.1 Å². The van der Waals surface area contributed by atoms with E-state index in [1.54, 1.807) is 24.4 Å². The Morgan fingerprint density at radius 2 is 1.81 bits per heavy atom. The van der Waals surface area contributed by atoms with Crippen LogP contribution < -0.4 is 15.4 Å².